The van der Waals surface area contributed by atoms with Crippen LogP contribution in [0.1, 0.15) is 30.7 Å². The van der Waals surface area contributed by atoms with Crippen LogP contribution >= 0.6 is 0 Å². The summed E-state index contributed by atoms with van der Waals surface area (Å²) in [4.78, 5) is 3.98. The minimum Gasteiger partial charge on any atom is -0.340 e. The standard InChI is InChI=1S/C14H19N3O/c1-12(13-5-3-2-4-6-13)7-9-15-10-8-14-16-11-17-18-14/h2-6,11-12,15H,7-10H2,1H3. The Morgan fingerprint density at radius 3 is 2.78 bits per heavy atom. The van der Waals surface area contributed by atoms with Gasteiger partial charge in [-0.15, -0.1) is 0 Å². The van der Waals surface area contributed by atoms with Crippen molar-refractivity contribution >= 4 is 0 Å². The zero-order valence-electron chi connectivity index (χ0n) is 10.7. The summed E-state index contributed by atoms with van der Waals surface area (Å²) in [6, 6.07) is 10.6. The van der Waals surface area contributed by atoms with Crippen LogP contribution in [-0.2, 0) is 6.42 Å². The van der Waals surface area contributed by atoms with E-state index < -0.39 is 0 Å². The van der Waals surface area contributed by atoms with Crippen molar-refractivity contribution in [3.8, 4) is 0 Å². The van der Waals surface area contributed by atoms with E-state index in [2.05, 4.69) is 52.7 Å². The molecule has 0 bridgehead atoms. The molecular formula is C14H19N3O. The third kappa shape index (κ3) is 3.96. The van der Waals surface area contributed by atoms with Crippen molar-refractivity contribution in [2.75, 3.05) is 13.1 Å². The van der Waals surface area contributed by atoms with Crippen LogP contribution in [-0.4, -0.2) is 23.2 Å². The molecule has 4 nitrogen and oxygen atoms in total. The Morgan fingerprint density at radius 2 is 2.06 bits per heavy atom. The van der Waals surface area contributed by atoms with Crippen molar-refractivity contribution in [3.63, 3.8) is 0 Å². The molecule has 0 amide bonds. The molecule has 0 aliphatic heterocycles. The zero-order valence-corrected chi connectivity index (χ0v) is 10.7. The van der Waals surface area contributed by atoms with Crippen LogP contribution in [0.2, 0.25) is 0 Å². The lowest BCUT2D eigenvalue weighted by Crippen LogP contribution is -2.20. The molecule has 1 aromatic heterocycles. The van der Waals surface area contributed by atoms with E-state index in [0.717, 1.165) is 25.9 Å². The second-order valence-electron chi connectivity index (χ2n) is 4.44. The second-order valence-corrected chi connectivity index (χ2v) is 4.44. The van der Waals surface area contributed by atoms with Gasteiger partial charge in [0.25, 0.3) is 0 Å². The first-order valence-corrected chi connectivity index (χ1v) is 6.37. The van der Waals surface area contributed by atoms with Crippen LogP contribution in [0.15, 0.2) is 41.2 Å². The maximum absolute atomic E-state index is 4.93. The molecule has 0 aliphatic carbocycles. The van der Waals surface area contributed by atoms with Gasteiger partial charge in [0.2, 0.25) is 5.89 Å². The molecule has 0 saturated carbocycles. The summed E-state index contributed by atoms with van der Waals surface area (Å²) in [5.74, 6) is 1.28. The summed E-state index contributed by atoms with van der Waals surface area (Å²) in [7, 11) is 0. The molecule has 4 heteroatoms. The highest BCUT2D eigenvalue weighted by Crippen LogP contribution is 2.17. The van der Waals surface area contributed by atoms with Gasteiger partial charge in [-0.2, -0.15) is 4.98 Å². The van der Waals surface area contributed by atoms with Gasteiger partial charge in [-0.25, -0.2) is 0 Å². The minimum absolute atomic E-state index is 0.585. The first-order chi connectivity index (χ1) is 8.86. The number of benzene rings is 1. The monoisotopic (exact) mass is 245 g/mol. The van der Waals surface area contributed by atoms with Gasteiger partial charge in [-0.1, -0.05) is 42.4 Å². The molecule has 1 unspecified atom stereocenters. The van der Waals surface area contributed by atoms with Crippen molar-refractivity contribution in [3.05, 3.63) is 48.1 Å². The summed E-state index contributed by atoms with van der Waals surface area (Å²) < 4.78 is 4.93. The van der Waals surface area contributed by atoms with Gasteiger partial charge in [0, 0.05) is 13.0 Å². The van der Waals surface area contributed by atoms with E-state index in [9.17, 15) is 0 Å². The molecule has 96 valence electrons. The van der Waals surface area contributed by atoms with Crippen LogP contribution < -0.4 is 5.32 Å². The van der Waals surface area contributed by atoms with E-state index in [1.807, 2.05) is 0 Å². The molecule has 2 aromatic rings. The SMILES string of the molecule is CC(CCNCCc1ncno1)c1ccccc1. The Hall–Kier alpha value is -1.68. The van der Waals surface area contributed by atoms with E-state index in [-0.39, 0.29) is 0 Å². The summed E-state index contributed by atoms with van der Waals surface area (Å²) >= 11 is 0. The maximum atomic E-state index is 4.93. The lowest BCUT2D eigenvalue weighted by molar-refractivity contribution is 0.374. The van der Waals surface area contributed by atoms with Gasteiger partial charge in [0.05, 0.1) is 0 Å². The highest BCUT2D eigenvalue weighted by Gasteiger charge is 2.04. The van der Waals surface area contributed by atoms with Gasteiger partial charge in [0.1, 0.15) is 0 Å². The van der Waals surface area contributed by atoms with Crippen molar-refractivity contribution in [1.29, 1.82) is 0 Å². The lowest BCUT2D eigenvalue weighted by atomic mass is 9.98. The molecule has 18 heavy (non-hydrogen) atoms. The number of rotatable bonds is 7. The van der Waals surface area contributed by atoms with Crippen molar-refractivity contribution in [1.82, 2.24) is 15.5 Å². The average Bonchev–Trinajstić information content (AvgIpc) is 2.92. The van der Waals surface area contributed by atoms with Gasteiger partial charge in [-0.3, -0.25) is 0 Å². The number of nitrogens with zero attached hydrogens (tertiary/aromatic N) is 2. The van der Waals surface area contributed by atoms with E-state index in [0.29, 0.717) is 11.8 Å². The molecule has 0 radical (unpaired) electrons. The normalized spacial score (nSPS) is 12.5. The molecule has 1 heterocycles. The molecular weight excluding hydrogens is 226 g/mol. The lowest BCUT2D eigenvalue weighted by Gasteiger charge is -2.11. The minimum atomic E-state index is 0.585. The number of hydrogen-bond donors (Lipinski definition) is 1. The summed E-state index contributed by atoms with van der Waals surface area (Å²) in [6.45, 7) is 4.14. The highest BCUT2D eigenvalue weighted by molar-refractivity contribution is 5.18. The topological polar surface area (TPSA) is 51.0 Å². The number of nitrogens with one attached hydrogen (secondary N) is 1. The molecule has 1 N–H and O–H groups in total. The van der Waals surface area contributed by atoms with Gasteiger partial charge >= 0.3 is 0 Å². The quantitative estimate of drug-likeness (QED) is 0.761. The van der Waals surface area contributed by atoms with Crippen LogP contribution in [0.5, 0.6) is 0 Å². The van der Waals surface area contributed by atoms with Gasteiger partial charge < -0.3 is 9.84 Å². The van der Waals surface area contributed by atoms with E-state index in [1.54, 1.807) is 0 Å². The summed E-state index contributed by atoms with van der Waals surface area (Å²) in [6.07, 6.45) is 3.36. The Balaban J connectivity index is 1.61. The Bertz CT molecular complexity index is 428. The Labute approximate surface area is 107 Å². The van der Waals surface area contributed by atoms with Crippen LogP contribution in [0.4, 0.5) is 0 Å². The van der Waals surface area contributed by atoms with Crippen LogP contribution in [0.25, 0.3) is 0 Å². The van der Waals surface area contributed by atoms with Crippen molar-refractivity contribution in [2.45, 2.75) is 25.7 Å². The van der Waals surface area contributed by atoms with E-state index in [1.165, 1.54) is 11.9 Å². The fourth-order valence-corrected chi connectivity index (χ4v) is 1.89. The molecule has 0 spiro atoms. The smallest absolute Gasteiger partial charge is 0.227 e. The van der Waals surface area contributed by atoms with E-state index in [4.69, 9.17) is 4.52 Å². The maximum Gasteiger partial charge on any atom is 0.227 e. The predicted octanol–water partition coefficient (Wildman–Crippen LogP) is 2.40. The summed E-state index contributed by atoms with van der Waals surface area (Å²) in [5.41, 5.74) is 1.40. The third-order valence-electron chi connectivity index (χ3n) is 3.05. The van der Waals surface area contributed by atoms with Crippen molar-refractivity contribution < 1.29 is 4.52 Å². The van der Waals surface area contributed by atoms with Crippen LogP contribution in [0.3, 0.4) is 0 Å². The predicted molar refractivity (Wildman–Crippen MR) is 70.3 cm³/mol. The highest BCUT2D eigenvalue weighted by atomic mass is 16.5. The number of aromatic nitrogens is 2. The first kappa shape index (κ1) is 12.8. The largest absolute Gasteiger partial charge is 0.340 e. The average molecular weight is 245 g/mol. The number of hydrogen-bond acceptors (Lipinski definition) is 4. The first-order valence-electron chi connectivity index (χ1n) is 6.37. The van der Waals surface area contributed by atoms with Gasteiger partial charge in [0.15, 0.2) is 6.33 Å². The molecule has 0 aliphatic rings. The zero-order chi connectivity index (χ0) is 12.6. The third-order valence-corrected chi connectivity index (χ3v) is 3.05. The molecule has 1 aromatic carbocycles. The fourth-order valence-electron chi connectivity index (χ4n) is 1.89. The Kier molecular flexibility index (Phi) is 4.90. The van der Waals surface area contributed by atoms with Crippen molar-refractivity contribution in [2.24, 2.45) is 0 Å². The second kappa shape index (κ2) is 6.91. The molecule has 0 fully saturated rings. The van der Waals surface area contributed by atoms with Gasteiger partial charge in [-0.05, 0) is 24.4 Å². The molecule has 0 saturated heterocycles. The Morgan fingerprint density at radius 1 is 1.22 bits per heavy atom. The molecule has 1 atom stereocenters. The fraction of sp³-hybridized carbons (Fsp3) is 0.429. The molecule has 2 rings (SSSR count). The van der Waals surface area contributed by atoms with Crippen LogP contribution in [0, 0.1) is 0 Å². The van der Waals surface area contributed by atoms with E-state index >= 15 is 0 Å². The summed E-state index contributed by atoms with van der Waals surface area (Å²) in [5, 5.41) is 6.97.